The first-order valence-corrected chi connectivity index (χ1v) is 11.7. The molecule has 12 heteroatoms. The third-order valence-electron chi connectivity index (χ3n) is 6.24. The third-order valence-corrected chi connectivity index (χ3v) is 7.94. The molecular weight excluding hydrogens is 459 g/mol. The van der Waals surface area contributed by atoms with Crippen molar-refractivity contribution in [2.45, 2.75) is 35.6 Å². The molecule has 1 fully saturated rings. The van der Waals surface area contributed by atoms with Gasteiger partial charge in [0.25, 0.3) is 10.0 Å². The van der Waals surface area contributed by atoms with Crippen LogP contribution in [0.3, 0.4) is 0 Å². The lowest BCUT2D eigenvalue weighted by Gasteiger charge is -2.39. The molecule has 3 aromatic rings. The van der Waals surface area contributed by atoms with Gasteiger partial charge in [-0.3, -0.25) is 0 Å². The van der Waals surface area contributed by atoms with Gasteiger partial charge in [0.2, 0.25) is 5.88 Å². The molecule has 2 unspecified atom stereocenters. The lowest BCUT2D eigenvalue weighted by Crippen LogP contribution is -2.46. The van der Waals surface area contributed by atoms with E-state index in [1.165, 1.54) is 21.4 Å². The summed E-state index contributed by atoms with van der Waals surface area (Å²) < 4.78 is 75.1. The number of aryl methyl sites for hydroxylation is 2. The molecule has 1 saturated heterocycles. The summed E-state index contributed by atoms with van der Waals surface area (Å²) in [6.45, 7) is 0.0867. The molecule has 2 aliphatic rings. The van der Waals surface area contributed by atoms with E-state index in [0.29, 0.717) is 12.8 Å². The monoisotopic (exact) mass is 479 g/mol. The number of fused-ring (bicyclic) bond motifs is 3. The second kappa shape index (κ2) is 7.52. The highest BCUT2D eigenvalue weighted by molar-refractivity contribution is 7.89. The molecule has 0 N–H and O–H groups in total. The van der Waals surface area contributed by atoms with Gasteiger partial charge >= 0.3 is 6.18 Å². The molecule has 2 atom stereocenters. The standard InChI is InChI=1S/C21H20F3N5O3S/c1-28-10-19(27-13-28)33(30,31)29-9-16-15-5-3-2-4-14(15)6-7-20(16,11-29)32-18-8-17(21(22,23)24)25-12-26-18/h2-5,8,10,12-13,16H,6-7,9,11H2,1H3. The highest BCUT2D eigenvalue weighted by Crippen LogP contribution is 2.48. The smallest absolute Gasteiger partial charge is 0.433 e. The number of rotatable bonds is 4. The minimum Gasteiger partial charge on any atom is -0.469 e. The van der Waals surface area contributed by atoms with Gasteiger partial charge in [-0.1, -0.05) is 24.3 Å². The van der Waals surface area contributed by atoms with Crippen LogP contribution in [0.25, 0.3) is 0 Å². The van der Waals surface area contributed by atoms with Crippen molar-refractivity contribution in [3.63, 3.8) is 0 Å². The fraction of sp³-hybridized carbons (Fsp3) is 0.381. The highest BCUT2D eigenvalue weighted by atomic mass is 32.2. The van der Waals surface area contributed by atoms with Crippen LogP contribution in [0.5, 0.6) is 5.88 Å². The lowest BCUT2D eigenvalue weighted by atomic mass is 9.73. The van der Waals surface area contributed by atoms with Crippen molar-refractivity contribution in [2.24, 2.45) is 7.05 Å². The van der Waals surface area contributed by atoms with E-state index >= 15 is 0 Å². The number of imidazole rings is 1. The summed E-state index contributed by atoms with van der Waals surface area (Å²) in [4.78, 5) is 11.2. The average molecular weight is 479 g/mol. The van der Waals surface area contributed by atoms with Crippen LogP contribution >= 0.6 is 0 Å². The molecule has 8 nitrogen and oxygen atoms in total. The zero-order chi connectivity index (χ0) is 23.4. The van der Waals surface area contributed by atoms with E-state index < -0.39 is 27.5 Å². The Morgan fingerprint density at radius 3 is 2.70 bits per heavy atom. The number of ether oxygens (including phenoxy) is 1. The second-order valence-electron chi connectivity index (χ2n) is 8.33. The third kappa shape index (κ3) is 3.76. The molecule has 1 aliphatic heterocycles. The van der Waals surface area contributed by atoms with Gasteiger partial charge in [0, 0.05) is 31.8 Å². The van der Waals surface area contributed by atoms with E-state index in [4.69, 9.17) is 4.74 Å². The van der Waals surface area contributed by atoms with Crippen LogP contribution in [0.2, 0.25) is 0 Å². The summed E-state index contributed by atoms with van der Waals surface area (Å²) in [7, 11) is -2.26. The van der Waals surface area contributed by atoms with Crippen molar-refractivity contribution in [1.29, 1.82) is 0 Å². The van der Waals surface area contributed by atoms with Gasteiger partial charge in [-0.05, 0) is 24.0 Å². The Labute approximate surface area is 188 Å². The summed E-state index contributed by atoms with van der Waals surface area (Å²) in [6, 6.07) is 8.40. The molecule has 174 valence electrons. The maximum atomic E-state index is 13.3. The molecule has 0 spiro atoms. The Hall–Kier alpha value is -2.99. The second-order valence-corrected chi connectivity index (χ2v) is 10.2. The number of aromatic nitrogens is 4. The molecule has 3 heterocycles. The molecule has 1 aromatic carbocycles. The number of benzene rings is 1. The fourth-order valence-electron chi connectivity index (χ4n) is 4.68. The zero-order valence-corrected chi connectivity index (χ0v) is 18.3. The number of alkyl halides is 3. The van der Waals surface area contributed by atoms with E-state index in [2.05, 4.69) is 15.0 Å². The van der Waals surface area contributed by atoms with Crippen LogP contribution in [0.1, 0.15) is 29.2 Å². The predicted molar refractivity (Wildman–Crippen MR) is 110 cm³/mol. The van der Waals surface area contributed by atoms with Gasteiger partial charge in [-0.25, -0.2) is 23.4 Å². The molecule has 2 aromatic heterocycles. The van der Waals surface area contributed by atoms with E-state index in [1.807, 2.05) is 24.3 Å². The van der Waals surface area contributed by atoms with Crippen molar-refractivity contribution in [2.75, 3.05) is 13.1 Å². The number of hydrogen-bond donors (Lipinski definition) is 0. The Morgan fingerprint density at radius 1 is 1.18 bits per heavy atom. The van der Waals surface area contributed by atoms with Crippen molar-refractivity contribution in [3.8, 4) is 5.88 Å². The van der Waals surface area contributed by atoms with E-state index in [1.54, 1.807) is 7.05 Å². The maximum absolute atomic E-state index is 13.3. The number of sulfonamides is 1. The molecule has 5 rings (SSSR count). The summed E-state index contributed by atoms with van der Waals surface area (Å²) >= 11 is 0. The SMILES string of the molecule is Cn1cnc(S(=O)(=O)N2CC3c4ccccc4CCC3(Oc3cc(C(F)(F)F)ncn3)C2)c1. The Balaban J connectivity index is 1.55. The van der Waals surface area contributed by atoms with Crippen LogP contribution in [-0.4, -0.2) is 50.9 Å². The van der Waals surface area contributed by atoms with Gasteiger partial charge in [0.1, 0.15) is 11.9 Å². The molecule has 0 saturated carbocycles. The largest absolute Gasteiger partial charge is 0.469 e. The molecule has 0 radical (unpaired) electrons. The van der Waals surface area contributed by atoms with Gasteiger partial charge in [0.05, 0.1) is 12.9 Å². The molecule has 1 aliphatic carbocycles. The summed E-state index contributed by atoms with van der Waals surface area (Å²) in [5, 5.41) is -0.0894. The van der Waals surface area contributed by atoms with Crippen molar-refractivity contribution in [3.05, 3.63) is 66.0 Å². The van der Waals surface area contributed by atoms with Crippen LogP contribution in [0, 0.1) is 0 Å². The normalized spacial score (nSPS) is 23.2. The Bertz CT molecular complexity index is 1310. The van der Waals surface area contributed by atoms with E-state index in [9.17, 15) is 21.6 Å². The molecule has 0 amide bonds. The van der Waals surface area contributed by atoms with Crippen molar-refractivity contribution in [1.82, 2.24) is 23.8 Å². The predicted octanol–water partition coefficient (Wildman–Crippen LogP) is 2.78. The van der Waals surface area contributed by atoms with Crippen LogP contribution in [-0.2, 0) is 29.7 Å². The maximum Gasteiger partial charge on any atom is 0.433 e. The van der Waals surface area contributed by atoms with Gasteiger partial charge in [-0.15, -0.1) is 0 Å². The highest BCUT2D eigenvalue weighted by Gasteiger charge is 2.55. The minimum atomic E-state index is -4.65. The summed E-state index contributed by atoms with van der Waals surface area (Å²) in [6.07, 6.45) is -0.00911. The topological polar surface area (TPSA) is 90.2 Å². The first-order chi connectivity index (χ1) is 15.6. The van der Waals surface area contributed by atoms with Crippen LogP contribution in [0.15, 0.2) is 54.2 Å². The van der Waals surface area contributed by atoms with Gasteiger partial charge in [0.15, 0.2) is 10.7 Å². The summed E-state index contributed by atoms with van der Waals surface area (Å²) in [5.41, 5.74) is -0.203. The number of hydrogen-bond acceptors (Lipinski definition) is 6. The molecule has 0 bridgehead atoms. The summed E-state index contributed by atoms with van der Waals surface area (Å²) in [5.74, 6) is -0.621. The number of nitrogens with zero attached hydrogens (tertiary/aromatic N) is 5. The average Bonchev–Trinajstić information content (AvgIpc) is 3.38. The van der Waals surface area contributed by atoms with E-state index in [-0.39, 0.29) is 29.9 Å². The first-order valence-electron chi connectivity index (χ1n) is 10.2. The van der Waals surface area contributed by atoms with E-state index in [0.717, 1.165) is 23.5 Å². The minimum absolute atomic E-state index is 0.0315. The van der Waals surface area contributed by atoms with Gasteiger partial charge in [-0.2, -0.15) is 17.5 Å². The Kier molecular flexibility index (Phi) is 4.98. The Morgan fingerprint density at radius 2 is 1.97 bits per heavy atom. The van der Waals surface area contributed by atoms with Gasteiger partial charge < -0.3 is 9.30 Å². The van der Waals surface area contributed by atoms with Crippen LogP contribution < -0.4 is 4.74 Å². The van der Waals surface area contributed by atoms with Crippen molar-refractivity contribution < 1.29 is 26.3 Å². The first kappa shape index (κ1) is 21.8. The fourth-order valence-corrected chi connectivity index (χ4v) is 6.15. The van der Waals surface area contributed by atoms with Crippen LogP contribution in [0.4, 0.5) is 13.2 Å². The number of halogens is 3. The molecular formula is C21H20F3N5O3S. The van der Waals surface area contributed by atoms with Crippen molar-refractivity contribution >= 4 is 10.0 Å². The lowest BCUT2D eigenvalue weighted by molar-refractivity contribution is -0.141. The quantitative estimate of drug-likeness (QED) is 0.572. The zero-order valence-electron chi connectivity index (χ0n) is 17.5. The molecule has 33 heavy (non-hydrogen) atoms.